The molecule has 6 heteroatoms. The maximum Gasteiger partial charge on any atom is 0.222 e. The van der Waals surface area contributed by atoms with Gasteiger partial charge in [0, 0.05) is 37.1 Å². The second-order valence-corrected chi connectivity index (χ2v) is 5.87. The fourth-order valence-corrected chi connectivity index (χ4v) is 2.83. The van der Waals surface area contributed by atoms with Crippen molar-refractivity contribution in [1.29, 1.82) is 0 Å². The third-order valence-corrected chi connectivity index (χ3v) is 3.93. The first kappa shape index (κ1) is 14.6. The second kappa shape index (κ2) is 6.17. The highest BCUT2D eigenvalue weighted by Crippen LogP contribution is 2.23. The SMILES string of the molecule is Cc1cccc(NC[C@@H]2CCN(c3cc(C)nc(N)n3)C2)n1. The lowest BCUT2D eigenvalue weighted by Gasteiger charge is -2.18. The number of hydrogen-bond acceptors (Lipinski definition) is 6. The van der Waals surface area contributed by atoms with Gasteiger partial charge >= 0.3 is 0 Å². The van der Waals surface area contributed by atoms with Gasteiger partial charge in [0.05, 0.1) is 0 Å². The van der Waals surface area contributed by atoms with E-state index >= 15 is 0 Å². The van der Waals surface area contributed by atoms with Crippen molar-refractivity contribution in [2.24, 2.45) is 5.92 Å². The third-order valence-electron chi connectivity index (χ3n) is 3.93. The highest BCUT2D eigenvalue weighted by molar-refractivity contribution is 5.44. The van der Waals surface area contributed by atoms with Crippen molar-refractivity contribution in [1.82, 2.24) is 15.0 Å². The normalized spacial score (nSPS) is 17.7. The van der Waals surface area contributed by atoms with Gasteiger partial charge < -0.3 is 16.0 Å². The minimum atomic E-state index is 0.348. The number of aromatic nitrogens is 3. The Morgan fingerprint density at radius 3 is 2.86 bits per heavy atom. The van der Waals surface area contributed by atoms with Gasteiger partial charge in [-0.3, -0.25) is 0 Å². The van der Waals surface area contributed by atoms with Crippen LogP contribution in [0.3, 0.4) is 0 Å². The lowest BCUT2D eigenvalue weighted by atomic mass is 10.1. The van der Waals surface area contributed by atoms with Crippen molar-refractivity contribution in [3.8, 4) is 0 Å². The fraction of sp³-hybridized carbons (Fsp3) is 0.438. The van der Waals surface area contributed by atoms with Gasteiger partial charge in [-0.15, -0.1) is 0 Å². The van der Waals surface area contributed by atoms with Gasteiger partial charge in [0.25, 0.3) is 0 Å². The minimum Gasteiger partial charge on any atom is -0.370 e. The van der Waals surface area contributed by atoms with Crippen LogP contribution in [0.15, 0.2) is 24.3 Å². The Bertz CT molecular complexity index is 637. The summed E-state index contributed by atoms with van der Waals surface area (Å²) in [6.45, 7) is 6.86. The molecule has 0 aromatic carbocycles. The zero-order chi connectivity index (χ0) is 15.5. The van der Waals surface area contributed by atoms with Gasteiger partial charge in [0.1, 0.15) is 11.6 Å². The molecule has 3 heterocycles. The first-order chi connectivity index (χ1) is 10.6. The number of anilines is 3. The van der Waals surface area contributed by atoms with Crippen LogP contribution in [-0.2, 0) is 0 Å². The fourth-order valence-electron chi connectivity index (χ4n) is 2.83. The van der Waals surface area contributed by atoms with Crippen LogP contribution >= 0.6 is 0 Å². The van der Waals surface area contributed by atoms with Crippen LogP contribution in [0.1, 0.15) is 17.8 Å². The Morgan fingerprint density at radius 1 is 1.23 bits per heavy atom. The third kappa shape index (κ3) is 3.44. The molecule has 116 valence electrons. The average molecular weight is 298 g/mol. The number of nitrogen functional groups attached to an aromatic ring is 1. The van der Waals surface area contributed by atoms with Gasteiger partial charge in [0.2, 0.25) is 5.95 Å². The molecule has 0 bridgehead atoms. The van der Waals surface area contributed by atoms with Gasteiger partial charge in [-0.25, -0.2) is 9.97 Å². The van der Waals surface area contributed by atoms with Gasteiger partial charge in [-0.1, -0.05) is 6.07 Å². The van der Waals surface area contributed by atoms with Crippen molar-refractivity contribution >= 4 is 17.6 Å². The minimum absolute atomic E-state index is 0.348. The maximum absolute atomic E-state index is 5.74. The highest BCUT2D eigenvalue weighted by atomic mass is 15.2. The standard InChI is InChI=1S/C16H22N6/c1-11-4-3-5-14(19-11)18-9-13-6-7-22(10-13)15-8-12(2)20-16(17)21-15/h3-5,8,13H,6-7,9-10H2,1-2H3,(H,18,19)(H2,17,20,21)/t13-/m0/s1. The van der Waals surface area contributed by atoms with Crippen molar-refractivity contribution in [3.63, 3.8) is 0 Å². The van der Waals surface area contributed by atoms with Crippen molar-refractivity contribution in [3.05, 3.63) is 35.7 Å². The first-order valence-electron chi connectivity index (χ1n) is 7.64. The van der Waals surface area contributed by atoms with Crippen LogP contribution in [-0.4, -0.2) is 34.6 Å². The zero-order valence-corrected chi connectivity index (χ0v) is 13.1. The smallest absolute Gasteiger partial charge is 0.222 e. The summed E-state index contributed by atoms with van der Waals surface area (Å²) >= 11 is 0. The number of aryl methyl sites for hydroxylation is 2. The molecule has 1 fully saturated rings. The summed E-state index contributed by atoms with van der Waals surface area (Å²) in [5.74, 6) is 2.81. The number of nitrogens with one attached hydrogen (secondary N) is 1. The largest absolute Gasteiger partial charge is 0.370 e. The predicted molar refractivity (Wildman–Crippen MR) is 89.0 cm³/mol. The lowest BCUT2D eigenvalue weighted by molar-refractivity contribution is 0.620. The summed E-state index contributed by atoms with van der Waals surface area (Å²) in [6.07, 6.45) is 1.14. The van der Waals surface area contributed by atoms with Gasteiger partial charge in [0.15, 0.2) is 0 Å². The van der Waals surface area contributed by atoms with Crippen molar-refractivity contribution in [2.75, 3.05) is 35.6 Å². The van der Waals surface area contributed by atoms with Gasteiger partial charge in [-0.05, 0) is 38.3 Å². The molecule has 1 atom stereocenters. The summed E-state index contributed by atoms with van der Waals surface area (Å²) in [6, 6.07) is 8.03. The number of pyridine rings is 1. The molecule has 0 unspecified atom stereocenters. The Morgan fingerprint density at radius 2 is 2.09 bits per heavy atom. The van der Waals surface area contributed by atoms with Crippen LogP contribution in [0.4, 0.5) is 17.6 Å². The molecule has 0 spiro atoms. The van der Waals surface area contributed by atoms with E-state index in [9.17, 15) is 0 Å². The van der Waals surface area contributed by atoms with E-state index in [2.05, 4.69) is 25.2 Å². The van der Waals surface area contributed by atoms with Crippen molar-refractivity contribution < 1.29 is 0 Å². The van der Waals surface area contributed by atoms with Crippen LogP contribution in [0.5, 0.6) is 0 Å². The summed E-state index contributed by atoms with van der Waals surface area (Å²) < 4.78 is 0. The molecule has 0 saturated carbocycles. The average Bonchev–Trinajstić information content (AvgIpc) is 2.93. The molecule has 22 heavy (non-hydrogen) atoms. The van der Waals surface area contributed by atoms with E-state index in [1.165, 1.54) is 0 Å². The molecule has 1 aliphatic heterocycles. The zero-order valence-electron chi connectivity index (χ0n) is 13.1. The monoisotopic (exact) mass is 298 g/mol. The molecule has 1 aliphatic rings. The van der Waals surface area contributed by atoms with E-state index in [-0.39, 0.29) is 0 Å². The molecule has 3 N–H and O–H groups in total. The molecule has 6 nitrogen and oxygen atoms in total. The molecule has 2 aromatic heterocycles. The molecule has 2 aromatic rings. The Labute approximate surface area is 130 Å². The molecular formula is C16H22N6. The van der Waals surface area contributed by atoms with Crippen LogP contribution in [0.25, 0.3) is 0 Å². The lowest BCUT2D eigenvalue weighted by Crippen LogP contribution is -2.24. The number of nitrogens with zero attached hydrogens (tertiary/aromatic N) is 4. The Kier molecular flexibility index (Phi) is 4.09. The Hall–Kier alpha value is -2.37. The Balaban J connectivity index is 1.58. The van der Waals surface area contributed by atoms with Crippen LogP contribution in [0, 0.1) is 19.8 Å². The summed E-state index contributed by atoms with van der Waals surface area (Å²) in [7, 11) is 0. The van der Waals surface area contributed by atoms with Crippen LogP contribution in [0.2, 0.25) is 0 Å². The van der Waals surface area contributed by atoms with E-state index in [0.717, 1.165) is 49.1 Å². The summed E-state index contributed by atoms with van der Waals surface area (Å²) in [4.78, 5) is 15.2. The van der Waals surface area contributed by atoms with E-state index in [0.29, 0.717) is 11.9 Å². The molecule has 3 rings (SSSR count). The second-order valence-electron chi connectivity index (χ2n) is 5.87. The quantitative estimate of drug-likeness (QED) is 0.899. The summed E-state index contributed by atoms with van der Waals surface area (Å²) in [5.41, 5.74) is 7.68. The van der Waals surface area contributed by atoms with E-state index in [1.807, 2.05) is 38.1 Å². The topological polar surface area (TPSA) is 80.0 Å². The summed E-state index contributed by atoms with van der Waals surface area (Å²) in [5, 5.41) is 3.43. The number of nitrogens with two attached hydrogens (primary N) is 1. The maximum atomic E-state index is 5.74. The van der Waals surface area contributed by atoms with Crippen LogP contribution < -0.4 is 16.0 Å². The predicted octanol–water partition coefficient (Wildman–Crippen LogP) is 2.01. The number of hydrogen-bond donors (Lipinski definition) is 2. The van der Waals surface area contributed by atoms with E-state index in [1.54, 1.807) is 0 Å². The molecule has 1 saturated heterocycles. The van der Waals surface area contributed by atoms with E-state index in [4.69, 9.17) is 5.73 Å². The highest BCUT2D eigenvalue weighted by Gasteiger charge is 2.23. The molecule has 0 aliphatic carbocycles. The first-order valence-corrected chi connectivity index (χ1v) is 7.64. The van der Waals surface area contributed by atoms with Crippen molar-refractivity contribution in [2.45, 2.75) is 20.3 Å². The number of rotatable bonds is 4. The van der Waals surface area contributed by atoms with Gasteiger partial charge in [-0.2, -0.15) is 4.98 Å². The molecular weight excluding hydrogens is 276 g/mol. The molecule has 0 amide bonds. The molecule has 0 radical (unpaired) electrons. The van der Waals surface area contributed by atoms with E-state index < -0.39 is 0 Å².